The average Bonchev–Trinajstić information content (AvgIpc) is 2.78. The van der Waals surface area contributed by atoms with Crippen LogP contribution in [0.2, 0.25) is 0 Å². The molecule has 1 aromatic heterocycles. The largest absolute Gasteiger partial charge is 0.294 e. The quantitative estimate of drug-likeness (QED) is 0.550. The fourth-order valence-electron chi connectivity index (χ4n) is 5.24. The van der Waals surface area contributed by atoms with E-state index in [1.54, 1.807) is 12.4 Å². The van der Waals surface area contributed by atoms with E-state index in [2.05, 4.69) is 23.2 Å². The first kappa shape index (κ1) is 20.4. The normalized spacial score (nSPS) is 21.0. The van der Waals surface area contributed by atoms with Crippen LogP contribution >= 0.6 is 0 Å². The van der Waals surface area contributed by atoms with Gasteiger partial charge in [0.15, 0.2) is 5.78 Å². The molecule has 0 saturated carbocycles. The van der Waals surface area contributed by atoms with E-state index in [4.69, 9.17) is 0 Å². The van der Waals surface area contributed by atoms with Crippen molar-refractivity contribution in [2.75, 3.05) is 4.90 Å². The lowest BCUT2D eigenvalue weighted by molar-refractivity contribution is -0.120. The van der Waals surface area contributed by atoms with E-state index in [9.17, 15) is 9.59 Å². The van der Waals surface area contributed by atoms with Crippen LogP contribution in [0.25, 0.3) is 0 Å². The van der Waals surface area contributed by atoms with E-state index in [1.807, 2.05) is 61.2 Å². The monoisotopic (exact) mass is 422 g/mol. The molecule has 3 aromatic rings. The second kappa shape index (κ2) is 8.19. The lowest BCUT2D eigenvalue weighted by atomic mass is 9.73. The average molecular weight is 423 g/mol. The first-order valence-corrected chi connectivity index (χ1v) is 11.1. The third-order valence-corrected chi connectivity index (χ3v) is 6.55. The summed E-state index contributed by atoms with van der Waals surface area (Å²) in [6.45, 7) is 4.08. The maximum atomic E-state index is 13.6. The van der Waals surface area contributed by atoms with Crippen molar-refractivity contribution < 1.29 is 9.59 Å². The number of anilines is 1. The van der Waals surface area contributed by atoms with Gasteiger partial charge in [-0.2, -0.15) is 0 Å². The first-order valence-electron chi connectivity index (χ1n) is 11.1. The molecule has 5 rings (SSSR count). The molecule has 32 heavy (non-hydrogen) atoms. The minimum absolute atomic E-state index is 0.0316. The highest BCUT2D eigenvalue weighted by molar-refractivity contribution is 6.08. The Morgan fingerprint density at radius 1 is 0.844 bits per heavy atom. The van der Waals surface area contributed by atoms with Gasteiger partial charge < -0.3 is 0 Å². The summed E-state index contributed by atoms with van der Waals surface area (Å²) in [5, 5.41) is 0. The van der Waals surface area contributed by atoms with Crippen molar-refractivity contribution in [2.45, 2.75) is 44.9 Å². The second-order valence-electron chi connectivity index (χ2n) is 8.92. The zero-order valence-corrected chi connectivity index (χ0v) is 18.4. The Morgan fingerprint density at radius 2 is 1.56 bits per heavy atom. The number of rotatable bonds is 3. The Hall–Kier alpha value is -3.53. The smallest absolute Gasteiger partial charge is 0.232 e. The zero-order valence-electron chi connectivity index (χ0n) is 18.4. The van der Waals surface area contributed by atoms with Gasteiger partial charge >= 0.3 is 0 Å². The van der Waals surface area contributed by atoms with Gasteiger partial charge in [-0.05, 0) is 66.6 Å². The van der Waals surface area contributed by atoms with Gasteiger partial charge in [0.05, 0.1) is 0 Å². The number of hydrogen-bond donors (Lipinski definition) is 0. The van der Waals surface area contributed by atoms with Crippen molar-refractivity contribution >= 4 is 17.4 Å². The fraction of sp³-hybridized carbons (Fsp3) is 0.250. The standard InChI is InChI=1S/C28H26N2O2/c1-18-11-19(2)13-23(12-18)30-25-14-22(20-7-4-3-5-8-20)15-26(31)28(25)24(16-27(30)32)21-9-6-10-29-17-21/h3-13,17,22,24H,14-16H2,1-2H3. The van der Waals surface area contributed by atoms with Crippen LogP contribution in [0.1, 0.15) is 53.4 Å². The van der Waals surface area contributed by atoms with Gasteiger partial charge in [0.1, 0.15) is 0 Å². The van der Waals surface area contributed by atoms with E-state index < -0.39 is 0 Å². The third-order valence-electron chi connectivity index (χ3n) is 6.55. The van der Waals surface area contributed by atoms with Crippen LogP contribution < -0.4 is 4.90 Å². The highest BCUT2D eigenvalue weighted by Crippen LogP contribution is 2.47. The lowest BCUT2D eigenvalue weighted by Crippen LogP contribution is -2.41. The molecule has 2 unspecified atom stereocenters. The molecule has 0 spiro atoms. The summed E-state index contributed by atoms with van der Waals surface area (Å²) in [5.74, 6) is -0.00571. The van der Waals surface area contributed by atoms with Crippen molar-refractivity contribution in [3.05, 3.63) is 107 Å². The molecule has 1 aliphatic heterocycles. The number of aromatic nitrogens is 1. The van der Waals surface area contributed by atoms with Crippen molar-refractivity contribution in [3.63, 3.8) is 0 Å². The minimum atomic E-state index is -0.238. The molecule has 4 nitrogen and oxygen atoms in total. The van der Waals surface area contributed by atoms with Crippen LogP contribution in [0.4, 0.5) is 5.69 Å². The number of nitrogens with zero attached hydrogens (tertiary/aromatic N) is 2. The summed E-state index contributed by atoms with van der Waals surface area (Å²) in [6, 6.07) is 20.2. The number of pyridine rings is 1. The van der Waals surface area contributed by atoms with E-state index in [0.717, 1.165) is 39.2 Å². The molecule has 2 heterocycles. The van der Waals surface area contributed by atoms with Crippen molar-refractivity contribution in [1.29, 1.82) is 0 Å². The number of aryl methyl sites for hydroxylation is 2. The molecule has 1 amide bonds. The molecule has 160 valence electrons. The van der Waals surface area contributed by atoms with E-state index in [1.165, 1.54) is 0 Å². The third kappa shape index (κ3) is 3.66. The Morgan fingerprint density at radius 3 is 2.25 bits per heavy atom. The van der Waals surface area contributed by atoms with Gasteiger partial charge in [-0.3, -0.25) is 19.5 Å². The molecule has 0 bridgehead atoms. The van der Waals surface area contributed by atoms with Crippen LogP contribution in [0.3, 0.4) is 0 Å². The topological polar surface area (TPSA) is 50.3 Å². The van der Waals surface area contributed by atoms with Crippen LogP contribution in [0.5, 0.6) is 0 Å². The molecular formula is C28H26N2O2. The van der Waals surface area contributed by atoms with Crippen molar-refractivity contribution in [3.8, 4) is 0 Å². The Kier molecular flexibility index (Phi) is 5.22. The SMILES string of the molecule is Cc1cc(C)cc(N2C(=O)CC(c3cccnc3)C3=C2CC(c2ccccc2)CC3=O)c1. The number of amides is 1. The van der Waals surface area contributed by atoms with Crippen molar-refractivity contribution in [2.24, 2.45) is 0 Å². The molecule has 1 aliphatic carbocycles. The number of allylic oxidation sites excluding steroid dienone is 2. The number of carbonyl (C=O) groups is 2. The molecule has 0 saturated heterocycles. The Labute approximate surface area is 188 Å². The highest BCUT2D eigenvalue weighted by Gasteiger charge is 2.42. The fourth-order valence-corrected chi connectivity index (χ4v) is 5.24. The molecule has 0 N–H and O–H groups in total. The second-order valence-corrected chi connectivity index (χ2v) is 8.92. The first-order chi connectivity index (χ1) is 15.5. The van der Waals surface area contributed by atoms with Crippen LogP contribution in [0.15, 0.2) is 84.3 Å². The van der Waals surface area contributed by atoms with Gasteiger partial charge in [0, 0.05) is 48.1 Å². The Bertz CT molecular complexity index is 1190. The van der Waals surface area contributed by atoms with Crippen LogP contribution in [0, 0.1) is 13.8 Å². The number of benzene rings is 2. The number of hydrogen-bond acceptors (Lipinski definition) is 3. The molecule has 2 atom stereocenters. The van der Waals surface area contributed by atoms with Gasteiger partial charge in [-0.1, -0.05) is 42.5 Å². The van der Waals surface area contributed by atoms with Gasteiger partial charge in [-0.25, -0.2) is 0 Å². The maximum Gasteiger partial charge on any atom is 0.232 e. The zero-order chi connectivity index (χ0) is 22.2. The molecule has 0 radical (unpaired) electrons. The minimum Gasteiger partial charge on any atom is -0.294 e. The Balaban J connectivity index is 1.67. The van der Waals surface area contributed by atoms with Crippen LogP contribution in [-0.2, 0) is 9.59 Å². The lowest BCUT2D eigenvalue weighted by Gasteiger charge is -2.40. The molecule has 0 fully saturated rings. The summed E-state index contributed by atoms with van der Waals surface area (Å²) < 4.78 is 0. The summed E-state index contributed by atoms with van der Waals surface area (Å²) in [7, 11) is 0. The van der Waals surface area contributed by atoms with Crippen LogP contribution in [-0.4, -0.2) is 16.7 Å². The highest BCUT2D eigenvalue weighted by atomic mass is 16.2. The van der Waals surface area contributed by atoms with Crippen molar-refractivity contribution in [1.82, 2.24) is 4.98 Å². The van der Waals surface area contributed by atoms with Gasteiger partial charge in [0.2, 0.25) is 5.91 Å². The van der Waals surface area contributed by atoms with Gasteiger partial charge in [-0.15, -0.1) is 0 Å². The molecule has 4 heteroatoms. The van der Waals surface area contributed by atoms with E-state index in [0.29, 0.717) is 12.8 Å². The number of carbonyl (C=O) groups excluding carboxylic acids is 2. The summed E-state index contributed by atoms with van der Waals surface area (Å²) >= 11 is 0. The molecular weight excluding hydrogens is 396 g/mol. The predicted molar refractivity (Wildman–Crippen MR) is 125 cm³/mol. The number of ketones is 1. The maximum absolute atomic E-state index is 13.6. The molecule has 2 aromatic carbocycles. The van der Waals surface area contributed by atoms with Gasteiger partial charge in [0.25, 0.3) is 0 Å². The molecule has 2 aliphatic rings. The summed E-state index contributed by atoms with van der Waals surface area (Å²) in [4.78, 5) is 33.2. The van der Waals surface area contributed by atoms with E-state index in [-0.39, 0.29) is 29.9 Å². The predicted octanol–water partition coefficient (Wildman–Crippen LogP) is 5.62. The van der Waals surface area contributed by atoms with E-state index >= 15 is 0 Å². The summed E-state index contributed by atoms with van der Waals surface area (Å²) in [6.07, 6.45) is 4.92. The number of Topliss-reactive ketones (excluding diaryl/α,β-unsaturated/α-hetero) is 1. The summed E-state index contributed by atoms with van der Waals surface area (Å²) in [5.41, 5.74) is 6.76.